The molecule has 0 amide bonds. The SMILES string of the molecule is CCCCCCCCOc1ccc(-c2ccc(/C=C(\C#N)c3ccc(-c4ccncc4)cc3)cc2)cc1. The van der Waals surface area contributed by atoms with Crippen LogP contribution in [0.25, 0.3) is 33.9 Å². The third kappa shape index (κ3) is 7.66. The van der Waals surface area contributed by atoms with Gasteiger partial charge in [-0.15, -0.1) is 0 Å². The van der Waals surface area contributed by atoms with Crippen molar-refractivity contribution in [1.29, 1.82) is 5.26 Å². The highest BCUT2D eigenvalue weighted by molar-refractivity contribution is 5.90. The van der Waals surface area contributed by atoms with Crippen LogP contribution in [0, 0.1) is 11.3 Å². The first-order valence-corrected chi connectivity index (χ1v) is 13.2. The minimum Gasteiger partial charge on any atom is -0.494 e. The molecule has 1 aromatic heterocycles. The molecular weight excluding hydrogens is 452 g/mol. The minimum absolute atomic E-state index is 0.640. The van der Waals surface area contributed by atoms with E-state index in [0.717, 1.165) is 52.2 Å². The van der Waals surface area contributed by atoms with Crippen LogP contribution in [0.15, 0.2) is 97.3 Å². The molecule has 0 aliphatic carbocycles. The molecule has 1 heterocycles. The van der Waals surface area contributed by atoms with Gasteiger partial charge in [-0.25, -0.2) is 0 Å². The lowest BCUT2D eigenvalue weighted by atomic mass is 9.99. The van der Waals surface area contributed by atoms with Crippen LogP contribution in [0.2, 0.25) is 0 Å². The zero-order valence-corrected chi connectivity index (χ0v) is 21.6. The largest absolute Gasteiger partial charge is 0.494 e. The van der Waals surface area contributed by atoms with Gasteiger partial charge in [0.2, 0.25) is 0 Å². The molecule has 3 nitrogen and oxygen atoms in total. The first kappa shape index (κ1) is 25.9. The van der Waals surface area contributed by atoms with Gasteiger partial charge >= 0.3 is 0 Å². The quantitative estimate of drug-likeness (QED) is 0.114. The van der Waals surface area contributed by atoms with E-state index in [1.807, 2.05) is 54.6 Å². The summed E-state index contributed by atoms with van der Waals surface area (Å²) in [7, 11) is 0. The van der Waals surface area contributed by atoms with Crippen molar-refractivity contribution in [2.45, 2.75) is 45.4 Å². The highest BCUT2D eigenvalue weighted by Gasteiger charge is 2.04. The summed E-state index contributed by atoms with van der Waals surface area (Å²) in [6.45, 7) is 3.02. The van der Waals surface area contributed by atoms with Crippen molar-refractivity contribution >= 4 is 11.6 Å². The molecule has 0 unspecified atom stereocenters. The van der Waals surface area contributed by atoms with E-state index >= 15 is 0 Å². The van der Waals surface area contributed by atoms with Crippen molar-refractivity contribution in [3.8, 4) is 34.1 Å². The zero-order valence-electron chi connectivity index (χ0n) is 21.6. The summed E-state index contributed by atoms with van der Waals surface area (Å²) in [4.78, 5) is 4.07. The first-order chi connectivity index (χ1) is 18.3. The van der Waals surface area contributed by atoms with Crippen molar-refractivity contribution in [3.05, 3.63) is 108 Å². The number of unbranched alkanes of at least 4 members (excludes halogenated alkanes) is 5. The van der Waals surface area contributed by atoms with E-state index in [4.69, 9.17) is 4.74 Å². The molecule has 4 rings (SSSR count). The van der Waals surface area contributed by atoms with Crippen molar-refractivity contribution < 1.29 is 4.74 Å². The average Bonchev–Trinajstić information content (AvgIpc) is 2.97. The fourth-order valence-electron chi connectivity index (χ4n) is 4.32. The second-order valence-corrected chi connectivity index (χ2v) is 9.25. The van der Waals surface area contributed by atoms with Gasteiger partial charge in [0.1, 0.15) is 5.75 Å². The number of nitrogens with zero attached hydrogens (tertiary/aromatic N) is 2. The lowest BCUT2D eigenvalue weighted by Crippen LogP contribution is -1.97. The van der Waals surface area contributed by atoms with Crippen molar-refractivity contribution in [3.63, 3.8) is 0 Å². The van der Waals surface area contributed by atoms with Crippen LogP contribution in [0.4, 0.5) is 0 Å². The summed E-state index contributed by atoms with van der Waals surface area (Å²) < 4.78 is 5.91. The van der Waals surface area contributed by atoms with Crippen LogP contribution >= 0.6 is 0 Å². The van der Waals surface area contributed by atoms with Gasteiger partial charge in [-0.1, -0.05) is 99.7 Å². The number of hydrogen-bond donors (Lipinski definition) is 0. The summed E-state index contributed by atoms with van der Waals surface area (Å²) in [6, 6.07) is 31.0. The van der Waals surface area contributed by atoms with Crippen LogP contribution in [-0.2, 0) is 0 Å². The Bertz CT molecular complexity index is 1300. The molecule has 0 aliphatic heterocycles. The van der Waals surface area contributed by atoms with Gasteiger partial charge in [0.05, 0.1) is 18.2 Å². The smallest absolute Gasteiger partial charge is 0.119 e. The number of ether oxygens (including phenoxy) is 1. The van der Waals surface area contributed by atoms with E-state index in [0.29, 0.717) is 5.57 Å². The molecule has 0 saturated carbocycles. The Morgan fingerprint density at radius 1 is 0.703 bits per heavy atom. The van der Waals surface area contributed by atoms with E-state index in [1.165, 1.54) is 32.1 Å². The molecule has 4 aromatic rings. The molecule has 3 aromatic carbocycles. The Hall–Kier alpha value is -4.16. The lowest BCUT2D eigenvalue weighted by Gasteiger charge is -2.08. The molecule has 0 atom stereocenters. The Kier molecular flexibility index (Phi) is 9.67. The second kappa shape index (κ2) is 13.8. The van der Waals surface area contributed by atoms with Gasteiger partial charge in [-0.2, -0.15) is 5.26 Å². The van der Waals surface area contributed by atoms with E-state index in [1.54, 1.807) is 12.4 Å². The molecule has 0 fully saturated rings. The third-order valence-electron chi connectivity index (χ3n) is 6.51. The van der Waals surface area contributed by atoms with Crippen molar-refractivity contribution in [2.75, 3.05) is 6.61 Å². The number of aromatic nitrogens is 1. The van der Waals surface area contributed by atoms with Crippen LogP contribution < -0.4 is 4.74 Å². The van der Waals surface area contributed by atoms with Crippen LogP contribution in [0.1, 0.15) is 56.6 Å². The summed E-state index contributed by atoms with van der Waals surface area (Å²) >= 11 is 0. The van der Waals surface area contributed by atoms with Gasteiger partial charge in [-0.3, -0.25) is 4.98 Å². The Morgan fingerprint density at radius 3 is 1.86 bits per heavy atom. The molecule has 186 valence electrons. The van der Waals surface area contributed by atoms with E-state index in [9.17, 15) is 5.26 Å². The van der Waals surface area contributed by atoms with Gasteiger partial charge in [0.15, 0.2) is 0 Å². The van der Waals surface area contributed by atoms with Crippen LogP contribution in [0.5, 0.6) is 5.75 Å². The van der Waals surface area contributed by atoms with Gasteiger partial charge in [0, 0.05) is 12.4 Å². The molecule has 37 heavy (non-hydrogen) atoms. The topological polar surface area (TPSA) is 45.9 Å². The molecule has 0 bridgehead atoms. The van der Waals surface area contributed by atoms with Gasteiger partial charge in [0.25, 0.3) is 0 Å². The number of pyridine rings is 1. The van der Waals surface area contributed by atoms with E-state index in [-0.39, 0.29) is 0 Å². The fourth-order valence-corrected chi connectivity index (χ4v) is 4.32. The Morgan fingerprint density at radius 2 is 1.24 bits per heavy atom. The number of nitriles is 1. The monoisotopic (exact) mass is 486 g/mol. The normalized spacial score (nSPS) is 11.2. The van der Waals surface area contributed by atoms with Crippen molar-refractivity contribution in [2.24, 2.45) is 0 Å². The van der Waals surface area contributed by atoms with Gasteiger partial charge in [-0.05, 0) is 70.1 Å². The Balaban J connectivity index is 1.35. The lowest BCUT2D eigenvalue weighted by molar-refractivity contribution is 0.304. The standard InChI is InChI=1S/C34H34N2O/c1-2-3-4-5-6-7-24-37-34-18-16-30(17-19-34)28-10-8-27(9-11-28)25-33(26-35)31-14-12-29(13-15-31)32-20-22-36-23-21-32/h8-23,25H,2-7,24H2,1H3/b33-25+. The first-order valence-electron chi connectivity index (χ1n) is 13.2. The second-order valence-electron chi connectivity index (χ2n) is 9.25. The summed E-state index contributed by atoms with van der Waals surface area (Å²) in [5, 5.41) is 9.77. The molecule has 0 N–H and O–H groups in total. The molecule has 0 saturated heterocycles. The number of allylic oxidation sites excluding steroid dienone is 1. The number of benzene rings is 3. The summed E-state index contributed by atoms with van der Waals surface area (Å²) in [5.41, 5.74) is 7.04. The van der Waals surface area contributed by atoms with Crippen LogP contribution in [-0.4, -0.2) is 11.6 Å². The number of rotatable bonds is 12. The maximum atomic E-state index is 9.77. The maximum absolute atomic E-state index is 9.77. The Labute approximate surface area is 221 Å². The highest BCUT2D eigenvalue weighted by Crippen LogP contribution is 2.26. The maximum Gasteiger partial charge on any atom is 0.119 e. The zero-order chi connectivity index (χ0) is 25.7. The summed E-state index contributed by atoms with van der Waals surface area (Å²) in [5.74, 6) is 0.922. The molecule has 0 aliphatic rings. The number of hydrogen-bond acceptors (Lipinski definition) is 3. The molecule has 0 spiro atoms. The summed E-state index contributed by atoms with van der Waals surface area (Å²) in [6.07, 6.45) is 13.1. The average molecular weight is 487 g/mol. The highest BCUT2D eigenvalue weighted by atomic mass is 16.5. The predicted octanol–water partition coefficient (Wildman–Crippen LogP) is 9.22. The fraction of sp³-hybridized carbons (Fsp3) is 0.235. The molecule has 3 heteroatoms. The third-order valence-corrected chi connectivity index (χ3v) is 6.51. The van der Waals surface area contributed by atoms with Gasteiger partial charge < -0.3 is 4.74 Å². The predicted molar refractivity (Wildman–Crippen MR) is 154 cm³/mol. The molecule has 0 radical (unpaired) electrons. The van der Waals surface area contributed by atoms with E-state index in [2.05, 4.69) is 54.4 Å². The van der Waals surface area contributed by atoms with E-state index < -0.39 is 0 Å². The minimum atomic E-state index is 0.640. The molecular formula is C34H34N2O. The van der Waals surface area contributed by atoms with Crippen LogP contribution in [0.3, 0.4) is 0 Å². The van der Waals surface area contributed by atoms with Crippen molar-refractivity contribution in [1.82, 2.24) is 4.98 Å².